The van der Waals surface area contributed by atoms with E-state index in [1.165, 1.54) is 10.9 Å². The van der Waals surface area contributed by atoms with Crippen LogP contribution in [0, 0.1) is 0 Å². The van der Waals surface area contributed by atoms with Gasteiger partial charge in [-0.3, -0.25) is 14.1 Å². The maximum absolute atomic E-state index is 12.4. The van der Waals surface area contributed by atoms with E-state index in [0.29, 0.717) is 5.92 Å². The average molecular weight is 331 g/mol. The van der Waals surface area contributed by atoms with Gasteiger partial charge in [0.25, 0.3) is 0 Å². The predicted molar refractivity (Wildman–Crippen MR) is 103 cm³/mol. The lowest BCUT2D eigenvalue weighted by atomic mass is 9.93. The van der Waals surface area contributed by atoms with Crippen LogP contribution in [-0.4, -0.2) is 14.1 Å². The van der Waals surface area contributed by atoms with Crippen LogP contribution < -0.4 is 5.69 Å². The topological polar surface area (TPSA) is 39.8 Å². The summed E-state index contributed by atoms with van der Waals surface area (Å²) in [7, 11) is 3.68. The standard InChI is InChI=1S/C21H21N3O/c1-13(2)17-10-15(11-19-20(17)24(4)21(25)23(19)3)16-7-5-6-14-8-9-22-12-18(14)16/h5-13H,1-4H3. The molecule has 4 nitrogen and oxygen atoms in total. The van der Waals surface area contributed by atoms with Gasteiger partial charge in [0.15, 0.2) is 0 Å². The van der Waals surface area contributed by atoms with E-state index in [0.717, 1.165) is 27.5 Å². The normalized spacial score (nSPS) is 11.7. The number of benzene rings is 2. The molecule has 0 radical (unpaired) electrons. The summed E-state index contributed by atoms with van der Waals surface area (Å²) in [5, 5.41) is 2.29. The van der Waals surface area contributed by atoms with Gasteiger partial charge in [0.2, 0.25) is 0 Å². The summed E-state index contributed by atoms with van der Waals surface area (Å²) in [5.74, 6) is 0.323. The average Bonchev–Trinajstić information content (AvgIpc) is 2.85. The molecule has 0 aliphatic carbocycles. The van der Waals surface area contributed by atoms with Crippen molar-refractivity contribution in [2.75, 3.05) is 0 Å². The van der Waals surface area contributed by atoms with Crippen molar-refractivity contribution in [3.63, 3.8) is 0 Å². The van der Waals surface area contributed by atoms with E-state index in [-0.39, 0.29) is 5.69 Å². The summed E-state index contributed by atoms with van der Waals surface area (Å²) in [6.07, 6.45) is 3.73. The van der Waals surface area contributed by atoms with Gasteiger partial charge in [-0.15, -0.1) is 0 Å². The molecular formula is C21H21N3O. The molecule has 2 aromatic heterocycles. The van der Waals surface area contributed by atoms with E-state index in [9.17, 15) is 4.79 Å². The lowest BCUT2D eigenvalue weighted by molar-refractivity contribution is 0.788. The second-order valence-corrected chi connectivity index (χ2v) is 6.89. The summed E-state index contributed by atoms with van der Waals surface area (Å²) >= 11 is 0. The number of aromatic nitrogens is 3. The van der Waals surface area contributed by atoms with Crippen molar-refractivity contribution < 1.29 is 0 Å². The number of imidazole rings is 1. The fourth-order valence-electron chi connectivity index (χ4n) is 3.65. The van der Waals surface area contributed by atoms with Crippen LogP contribution >= 0.6 is 0 Å². The van der Waals surface area contributed by atoms with Crippen LogP contribution in [0.2, 0.25) is 0 Å². The van der Waals surface area contributed by atoms with Gasteiger partial charge >= 0.3 is 5.69 Å². The largest absolute Gasteiger partial charge is 0.328 e. The van der Waals surface area contributed by atoms with Crippen LogP contribution in [0.1, 0.15) is 25.3 Å². The molecule has 4 aromatic rings. The number of hydrogen-bond acceptors (Lipinski definition) is 2. The molecule has 0 aliphatic rings. The smallest absolute Gasteiger partial charge is 0.295 e. The molecule has 126 valence electrons. The SMILES string of the molecule is CC(C)c1cc(-c2cccc3ccncc23)cc2c1n(C)c(=O)n2C. The van der Waals surface area contributed by atoms with Gasteiger partial charge in [-0.05, 0) is 46.2 Å². The molecule has 2 heterocycles. The fraction of sp³-hybridized carbons (Fsp3) is 0.238. The summed E-state index contributed by atoms with van der Waals surface area (Å²) in [6, 6.07) is 12.6. The molecule has 4 heteroatoms. The highest BCUT2D eigenvalue weighted by molar-refractivity contribution is 5.98. The van der Waals surface area contributed by atoms with Crippen molar-refractivity contribution in [3.8, 4) is 11.1 Å². The Labute approximate surface area is 146 Å². The number of nitrogens with zero attached hydrogens (tertiary/aromatic N) is 3. The molecule has 0 amide bonds. The van der Waals surface area contributed by atoms with Gasteiger partial charge in [0, 0.05) is 31.9 Å². The summed E-state index contributed by atoms with van der Waals surface area (Å²) in [5.41, 5.74) is 5.45. The molecule has 25 heavy (non-hydrogen) atoms. The Morgan fingerprint density at radius 1 is 1.04 bits per heavy atom. The summed E-state index contributed by atoms with van der Waals surface area (Å²) < 4.78 is 3.48. The lowest BCUT2D eigenvalue weighted by Crippen LogP contribution is -2.19. The molecule has 0 fully saturated rings. The first-order chi connectivity index (χ1) is 12.0. The third-order valence-electron chi connectivity index (χ3n) is 5.01. The minimum Gasteiger partial charge on any atom is -0.295 e. The zero-order valence-corrected chi connectivity index (χ0v) is 14.9. The zero-order chi connectivity index (χ0) is 17.7. The third kappa shape index (κ3) is 2.29. The minimum absolute atomic E-state index is 0.00800. The number of hydrogen-bond donors (Lipinski definition) is 0. The monoisotopic (exact) mass is 331 g/mol. The predicted octanol–water partition coefficient (Wildman–Crippen LogP) is 4.22. The lowest BCUT2D eigenvalue weighted by Gasteiger charge is -2.13. The van der Waals surface area contributed by atoms with E-state index >= 15 is 0 Å². The van der Waals surface area contributed by atoms with Crippen LogP contribution in [0.4, 0.5) is 0 Å². The van der Waals surface area contributed by atoms with Crippen molar-refractivity contribution in [1.29, 1.82) is 0 Å². The Hall–Kier alpha value is -2.88. The Bertz CT molecular complexity index is 1160. The van der Waals surface area contributed by atoms with E-state index in [4.69, 9.17) is 0 Å². The summed E-state index contributed by atoms with van der Waals surface area (Å²) in [6.45, 7) is 4.33. The molecular weight excluding hydrogens is 310 g/mol. The first-order valence-electron chi connectivity index (χ1n) is 8.51. The highest BCUT2D eigenvalue weighted by atomic mass is 16.1. The fourth-order valence-corrected chi connectivity index (χ4v) is 3.65. The van der Waals surface area contributed by atoms with Crippen molar-refractivity contribution in [2.24, 2.45) is 14.1 Å². The van der Waals surface area contributed by atoms with Crippen molar-refractivity contribution >= 4 is 21.8 Å². The van der Waals surface area contributed by atoms with Gasteiger partial charge in [-0.25, -0.2) is 4.79 Å². The molecule has 2 aromatic carbocycles. The van der Waals surface area contributed by atoms with Crippen molar-refractivity contribution in [1.82, 2.24) is 14.1 Å². The van der Waals surface area contributed by atoms with Crippen LogP contribution in [-0.2, 0) is 14.1 Å². The number of rotatable bonds is 2. The van der Waals surface area contributed by atoms with E-state index in [1.54, 1.807) is 9.13 Å². The third-order valence-corrected chi connectivity index (χ3v) is 5.01. The number of fused-ring (bicyclic) bond motifs is 2. The molecule has 0 unspecified atom stereocenters. The first kappa shape index (κ1) is 15.6. The van der Waals surface area contributed by atoms with Crippen LogP contribution in [0.3, 0.4) is 0 Å². The molecule has 0 atom stereocenters. The number of pyridine rings is 1. The highest BCUT2D eigenvalue weighted by Crippen LogP contribution is 2.34. The molecule has 0 bridgehead atoms. The molecule has 0 saturated carbocycles. The Morgan fingerprint density at radius 2 is 1.84 bits per heavy atom. The van der Waals surface area contributed by atoms with Crippen LogP contribution in [0.25, 0.3) is 32.9 Å². The van der Waals surface area contributed by atoms with E-state index < -0.39 is 0 Å². The highest BCUT2D eigenvalue weighted by Gasteiger charge is 2.17. The second-order valence-electron chi connectivity index (χ2n) is 6.89. The molecule has 0 saturated heterocycles. The Balaban J connectivity index is 2.12. The molecule has 4 rings (SSSR count). The van der Waals surface area contributed by atoms with Crippen LogP contribution in [0.15, 0.2) is 53.6 Å². The molecule has 0 aliphatic heterocycles. The number of aryl methyl sites for hydroxylation is 2. The van der Waals surface area contributed by atoms with Gasteiger partial charge in [-0.2, -0.15) is 0 Å². The van der Waals surface area contributed by atoms with Crippen molar-refractivity contribution in [3.05, 3.63) is 64.8 Å². The van der Waals surface area contributed by atoms with Gasteiger partial charge in [0.05, 0.1) is 11.0 Å². The molecule has 0 N–H and O–H groups in total. The maximum atomic E-state index is 12.4. The van der Waals surface area contributed by atoms with Gasteiger partial charge < -0.3 is 0 Å². The van der Waals surface area contributed by atoms with E-state index in [1.807, 2.05) is 32.6 Å². The van der Waals surface area contributed by atoms with Crippen LogP contribution in [0.5, 0.6) is 0 Å². The van der Waals surface area contributed by atoms with Gasteiger partial charge in [-0.1, -0.05) is 32.0 Å². The first-order valence-corrected chi connectivity index (χ1v) is 8.51. The quantitative estimate of drug-likeness (QED) is 0.552. The Kier molecular flexibility index (Phi) is 3.49. The minimum atomic E-state index is 0.00800. The second kappa shape index (κ2) is 5.59. The zero-order valence-electron chi connectivity index (χ0n) is 14.9. The molecule has 0 spiro atoms. The van der Waals surface area contributed by atoms with Gasteiger partial charge in [0.1, 0.15) is 0 Å². The van der Waals surface area contributed by atoms with E-state index in [2.05, 4.69) is 49.2 Å². The maximum Gasteiger partial charge on any atom is 0.328 e. The van der Waals surface area contributed by atoms with Crippen molar-refractivity contribution in [2.45, 2.75) is 19.8 Å². The summed E-state index contributed by atoms with van der Waals surface area (Å²) in [4.78, 5) is 16.7. The Morgan fingerprint density at radius 3 is 2.60 bits per heavy atom.